The van der Waals surface area contributed by atoms with E-state index in [9.17, 15) is 14.9 Å². The van der Waals surface area contributed by atoms with Crippen molar-refractivity contribution < 1.29 is 9.72 Å². The number of nitrogens with zero attached hydrogens (tertiary/aromatic N) is 1. The Labute approximate surface area is 107 Å². The largest absolute Gasteiger partial charge is 0.289 e. The van der Waals surface area contributed by atoms with Crippen LogP contribution in [0.25, 0.3) is 6.08 Å². The maximum absolute atomic E-state index is 11.8. The van der Waals surface area contributed by atoms with E-state index in [2.05, 4.69) is 0 Å². The zero-order valence-electron chi connectivity index (χ0n) is 9.28. The Hall–Kier alpha value is -2.27. The molecule has 0 saturated heterocycles. The van der Waals surface area contributed by atoms with Crippen LogP contribution in [0, 0.1) is 10.1 Å². The minimum atomic E-state index is -0.514. The number of thiophene rings is 1. The van der Waals surface area contributed by atoms with Crippen LogP contribution in [0.3, 0.4) is 0 Å². The average molecular weight is 259 g/mol. The molecule has 18 heavy (non-hydrogen) atoms. The Kier molecular flexibility index (Phi) is 3.64. The zero-order valence-corrected chi connectivity index (χ0v) is 10.1. The SMILES string of the molecule is O=C(C=Cc1cccs1)c1cccc([N+](=O)[O-])c1. The van der Waals surface area contributed by atoms with Gasteiger partial charge in [-0.15, -0.1) is 11.3 Å². The van der Waals surface area contributed by atoms with Gasteiger partial charge in [0.15, 0.2) is 5.78 Å². The van der Waals surface area contributed by atoms with Crippen LogP contribution in [-0.2, 0) is 0 Å². The molecule has 0 radical (unpaired) electrons. The number of benzene rings is 1. The van der Waals surface area contributed by atoms with Crippen LogP contribution in [0.2, 0.25) is 0 Å². The summed E-state index contributed by atoms with van der Waals surface area (Å²) in [5, 5.41) is 12.5. The number of allylic oxidation sites excluding steroid dienone is 1. The maximum Gasteiger partial charge on any atom is 0.270 e. The lowest BCUT2D eigenvalue weighted by Gasteiger charge is -1.95. The second kappa shape index (κ2) is 5.37. The Morgan fingerprint density at radius 2 is 2.11 bits per heavy atom. The fourth-order valence-electron chi connectivity index (χ4n) is 1.41. The van der Waals surface area contributed by atoms with E-state index in [4.69, 9.17) is 0 Å². The lowest BCUT2D eigenvalue weighted by atomic mass is 10.1. The fourth-order valence-corrected chi connectivity index (χ4v) is 2.03. The Morgan fingerprint density at radius 3 is 2.78 bits per heavy atom. The molecule has 1 heterocycles. The van der Waals surface area contributed by atoms with Gasteiger partial charge in [-0.1, -0.05) is 18.2 Å². The van der Waals surface area contributed by atoms with Gasteiger partial charge in [-0.2, -0.15) is 0 Å². The number of rotatable bonds is 4. The minimum absolute atomic E-state index is 0.0784. The van der Waals surface area contributed by atoms with E-state index in [0.717, 1.165) is 4.88 Å². The van der Waals surface area contributed by atoms with Crippen molar-refractivity contribution in [2.75, 3.05) is 0 Å². The number of nitro groups is 1. The van der Waals surface area contributed by atoms with Gasteiger partial charge in [0, 0.05) is 22.6 Å². The summed E-state index contributed by atoms with van der Waals surface area (Å²) in [4.78, 5) is 22.9. The van der Waals surface area contributed by atoms with Crippen molar-refractivity contribution in [3.05, 3.63) is 68.4 Å². The summed E-state index contributed by atoms with van der Waals surface area (Å²) in [6, 6.07) is 9.49. The summed E-state index contributed by atoms with van der Waals surface area (Å²) in [6.07, 6.45) is 3.12. The molecular weight excluding hydrogens is 250 g/mol. The number of carbonyl (C=O) groups is 1. The first-order valence-electron chi connectivity index (χ1n) is 5.17. The maximum atomic E-state index is 11.8. The molecule has 0 fully saturated rings. The highest BCUT2D eigenvalue weighted by atomic mass is 32.1. The van der Waals surface area contributed by atoms with Gasteiger partial charge in [-0.25, -0.2) is 0 Å². The summed E-state index contributed by atoms with van der Waals surface area (Å²) in [5.74, 6) is -0.243. The summed E-state index contributed by atoms with van der Waals surface area (Å²) < 4.78 is 0. The van der Waals surface area contributed by atoms with Crippen LogP contribution < -0.4 is 0 Å². The van der Waals surface area contributed by atoms with Gasteiger partial charge in [0.2, 0.25) is 0 Å². The van der Waals surface area contributed by atoms with Gasteiger partial charge in [-0.05, 0) is 23.6 Å². The van der Waals surface area contributed by atoms with Crippen LogP contribution in [0.4, 0.5) is 5.69 Å². The predicted molar refractivity (Wildman–Crippen MR) is 70.8 cm³/mol. The van der Waals surface area contributed by atoms with E-state index in [1.54, 1.807) is 12.1 Å². The molecule has 5 heteroatoms. The molecule has 2 aromatic rings. The molecule has 1 aromatic heterocycles. The van der Waals surface area contributed by atoms with Crippen molar-refractivity contribution in [2.24, 2.45) is 0 Å². The van der Waals surface area contributed by atoms with Gasteiger partial charge in [0.05, 0.1) is 4.92 Å². The molecule has 0 saturated carbocycles. The predicted octanol–water partition coefficient (Wildman–Crippen LogP) is 3.55. The van der Waals surface area contributed by atoms with Crippen molar-refractivity contribution in [3.8, 4) is 0 Å². The van der Waals surface area contributed by atoms with Crippen LogP contribution in [0.1, 0.15) is 15.2 Å². The molecule has 2 rings (SSSR count). The highest BCUT2D eigenvalue weighted by Crippen LogP contribution is 2.15. The molecular formula is C13H9NO3S. The summed E-state index contributed by atoms with van der Waals surface area (Å²) in [7, 11) is 0. The van der Waals surface area contributed by atoms with E-state index in [1.807, 2.05) is 17.5 Å². The number of hydrogen-bond donors (Lipinski definition) is 0. The van der Waals surface area contributed by atoms with Gasteiger partial charge in [0.1, 0.15) is 0 Å². The zero-order chi connectivity index (χ0) is 13.0. The van der Waals surface area contributed by atoms with E-state index >= 15 is 0 Å². The highest BCUT2D eigenvalue weighted by Gasteiger charge is 2.09. The van der Waals surface area contributed by atoms with Crippen molar-refractivity contribution >= 4 is 28.9 Å². The lowest BCUT2D eigenvalue weighted by Crippen LogP contribution is -1.96. The van der Waals surface area contributed by atoms with E-state index in [-0.39, 0.29) is 11.5 Å². The van der Waals surface area contributed by atoms with Crippen LogP contribution >= 0.6 is 11.3 Å². The molecule has 0 aliphatic heterocycles. The normalized spacial score (nSPS) is 10.7. The average Bonchev–Trinajstić information content (AvgIpc) is 2.89. The molecule has 4 nitrogen and oxygen atoms in total. The quantitative estimate of drug-likeness (QED) is 0.365. The molecule has 90 valence electrons. The van der Waals surface area contributed by atoms with Gasteiger partial charge < -0.3 is 0 Å². The van der Waals surface area contributed by atoms with E-state index < -0.39 is 4.92 Å². The van der Waals surface area contributed by atoms with E-state index in [0.29, 0.717) is 5.56 Å². The van der Waals surface area contributed by atoms with E-state index in [1.165, 1.54) is 35.6 Å². The summed E-state index contributed by atoms with van der Waals surface area (Å²) in [5.41, 5.74) is 0.238. The summed E-state index contributed by atoms with van der Waals surface area (Å²) >= 11 is 1.52. The molecule has 0 aliphatic rings. The summed E-state index contributed by atoms with van der Waals surface area (Å²) in [6.45, 7) is 0. The third-order valence-corrected chi connectivity index (χ3v) is 3.12. The molecule has 0 atom stereocenters. The number of non-ortho nitro benzene ring substituents is 1. The monoisotopic (exact) mass is 259 g/mol. The molecule has 1 aromatic carbocycles. The molecule has 0 N–H and O–H groups in total. The molecule has 0 spiro atoms. The van der Waals surface area contributed by atoms with Crippen molar-refractivity contribution in [3.63, 3.8) is 0 Å². The van der Waals surface area contributed by atoms with Gasteiger partial charge in [-0.3, -0.25) is 14.9 Å². The fraction of sp³-hybridized carbons (Fsp3) is 0. The molecule has 0 bridgehead atoms. The minimum Gasteiger partial charge on any atom is -0.289 e. The topological polar surface area (TPSA) is 60.2 Å². The number of carbonyl (C=O) groups excluding carboxylic acids is 1. The lowest BCUT2D eigenvalue weighted by molar-refractivity contribution is -0.384. The Morgan fingerprint density at radius 1 is 1.28 bits per heavy atom. The van der Waals surface area contributed by atoms with Crippen LogP contribution in [0.5, 0.6) is 0 Å². The number of hydrogen-bond acceptors (Lipinski definition) is 4. The second-order valence-electron chi connectivity index (χ2n) is 3.52. The first-order chi connectivity index (χ1) is 8.66. The van der Waals surface area contributed by atoms with Crippen LogP contribution in [-0.4, -0.2) is 10.7 Å². The first-order valence-corrected chi connectivity index (χ1v) is 6.05. The Bertz CT molecular complexity index is 602. The van der Waals surface area contributed by atoms with Gasteiger partial charge in [0.25, 0.3) is 5.69 Å². The first kappa shape index (κ1) is 12.2. The number of ketones is 1. The smallest absolute Gasteiger partial charge is 0.270 e. The van der Waals surface area contributed by atoms with Crippen molar-refractivity contribution in [1.82, 2.24) is 0 Å². The van der Waals surface area contributed by atoms with Gasteiger partial charge >= 0.3 is 0 Å². The highest BCUT2D eigenvalue weighted by molar-refractivity contribution is 7.10. The van der Waals surface area contributed by atoms with Crippen molar-refractivity contribution in [1.29, 1.82) is 0 Å². The standard InChI is InChI=1S/C13H9NO3S/c15-13(7-6-12-5-2-8-18-12)10-3-1-4-11(9-10)14(16)17/h1-9H. The van der Waals surface area contributed by atoms with Crippen LogP contribution in [0.15, 0.2) is 47.9 Å². The third-order valence-electron chi connectivity index (χ3n) is 2.28. The molecule has 0 unspecified atom stereocenters. The molecule has 0 aliphatic carbocycles. The Balaban J connectivity index is 2.19. The second-order valence-corrected chi connectivity index (χ2v) is 4.50. The van der Waals surface area contributed by atoms with Crippen molar-refractivity contribution in [2.45, 2.75) is 0 Å². The third kappa shape index (κ3) is 2.89. The molecule has 0 amide bonds. The number of nitro benzene ring substituents is 1.